The van der Waals surface area contributed by atoms with Crippen molar-refractivity contribution >= 4 is 11.9 Å². The van der Waals surface area contributed by atoms with Gasteiger partial charge in [-0.15, -0.1) is 6.42 Å². The van der Waals surface area contributed by atoms with Crippen molar-refractivity contribution in [2.45, 2.75) is 26.2 Å². The molecule has 14 heavy (non-hydrogen) atoms. The minimum absolute atomic E-state index is 0.697. The molecule has 4 heteroatoms. The zero-order valence-electron chi connectivity index (χ0n) is 7.91. The van der Waals surface area contributed by atoms with Gasteiger partial charge in [0.15, 0.2) is 0 Å². The molecular formula is C10H12O4. The van der Waals surface area contributed by atoms with Gasteiger partial charge in [0, 0.05) is 18.3 Å². The molecule has 0 amide bonds. The van der Waals surface area contributed by atoms with Gasteiger partial charge in [0.2, 0.25) is 0 Å². The number of rotatable bonds is 2. The molecule has 0 aromatic heterocycles. The van der Waals surface area contributed by atoms with E-state index in [0.29, 0.717) is 6.42 Å². The second-order valence-electron chi connectivity index (χ2n) is 2.16. The van der Waals surface area contributed by atoms with Crippen LogP contribution in [0.5, 0.6) is 0 Å². The van der Waals surface area contributed by atoms with Crippen LogP contribution in [0.3, 0.4) is 0 Å². The first-order valence-corrected chi connectivity index (χ1v) is 3.95. The van der Waals surface area contributed by atoms with Crippen LogP contribution in [-0.4, -0.2) is 22.2 Å². The number of aliphatic carboxylic acids is 2. The van der Waals surface area contributed by atoms with Gasteiger partial charge in [-0.3, -0.25) is 0 Å². The fourth-order valence-corrected chi connectivity index (χ4v) is 0.403. The zero-order chi connectivity index (χ0) is 11.4. The zero-order valence-corrected chi connectivity index (χ0v) is 7.91. The number of terminal acetylenes is 1. The van der Waals surface area contributed by atoms with Crippen LogP contribution in [0.4, 0.5) is 0 Å². The van der Waals surface area contributed by atoms with Crippen molar-refractivity contribution in [3.05, 3.63) is 0 Å². The Kier molecular flexibility index (Phi) is 11.5. The fraction of sp³-hybridized carbons (Fsp3) is 0.400. The van der Waals surface area contributed by atoms with Crippen molar-refractivity contribution in [2.75, 3.05) is 0 Å². The third kappa shape index (κ3) is 22.5. The quantitative estimate of drug-likeness (QED) is 0.509. The second-order valence-corrected chi connectivity index (χ2v) is 2.16. The van der Waals surface area contributed by atoms with Crippen LogP contribution in [0.15, 0.2) is 0 Å². The first kappa shape index (κ1) is 14.6. The number of carboxylic acids is 2. The molecule has 2 N–H and O–H groups in total. The van der Waals surface area contributed by atoms with Gasteiger partial charge in [-0.25, -0.2) is 9.59 Å². The Morgan fingerprint density at radius 1 is 1.29 bits per heavy atom. The minimum atomic E-state index is -1.22. The first-order valence-electron chi connectivity index (χ1n) is 3.95. The molecule has 0 heterocycles. The van der Waals surface area contributed by atoms with E-state index in [1.807, 2.05) is 12.8 Å². The Hall–Kier alpha value is -1.94. The normalized spacial score (nSPS) is 6.86. The van der Waals surface area contributed by atoms with Crippen molar-refractivity contribution in [1.29, 1.82) is 0 Å². The summed E-state index contributed by atoms with van der Waals surface area (Å²) in [5.41, 5.74) is 0. The monoisotopic (exact) mass is 196 g/mol. The topological polar surface area (TPSA) is 74.6 Å². The van der Waals surface area contributed by atoms with Gasteiger partial charge in [0.25, 0.3) is 0 Å². The van der Waals surface area contributed by atoms with E-state index in [9.17, 15) is 4.79 Å². The molecular weight excluding hydrogens is 184 g/mol. The highest BCUT2D eigenvalue weighted by Gasteiger charge is 1.81. The summed E-state index contributed by atoms with van der Waals surface area (Å²) in [6.07, 6.45) is 7.07. The summed E-state index contributed by atoms with van der Waals surface area (Å²) >= 11 is 0. The van der Waals surface area contributed by atoms with Gasteiger partial charge < -0.3 is 10.2 Å². The molecule has 0 aromatic rings. The number of carbonyl (C=O) groups is 2. The molecule has 0 rings (SSSR count). The molecule has 0 saturated carbocycles. The molecule has 0 unspecified atom stereocenters. The Morgan fingerprint density at radius 2 is 1.79 bits per heavy atom. The lowest BCUT2D eigenvalue weighted by atomic mass is 10.2. The number of carboxylic acid groups (broad SMARTS) is 2. The van der Waals surface area contributed by atoms with Gasteiger partial charge in [-0.2, -0.15) is 0 Å². The van der Waals surface area contributed by atoms with E-state index in [1.54, 1.807) is 0 Å². The predicted molar refractivity (Wildman–Crippen MR) is 51.4 cm³/mol. The van der Waals surface area contributed by atoms with Crippen LogP contribution in [0.2, 0.25) is 0 Å². The Bertz CT molecular complexity index is 275. The predicted octanol–water partition coefficient (Wildman–Crippen LogP) is 0.969. The molecule has 4 nitrogen and oxygen atoms in total. The first-order chi connectivity index (χ1) is 6.54. The summed E-state index contributed by atoms with van der Waals surface area (Å²) in [6, 6.07) is 0. The van der Waals surface area contributed by atoms with Crippen LogP contribution in [0.1, 0.15) is 26.2 Å². The largest absolute Gasteiger partial charge is 0.472 e. The van der Waals surface area contributed by atoms with Gasteiger partial charge in [-0.05, 0) is 6.42 Å². The lowest BCUT2D eigenvalue weighted by molar-refractivity contribution is -0.131. The number of hydrogen-bond acceptors (Lipinski definition) is 2. The molecule has 0 saturated heterocycles. The standard InChI is InChI=1S/C7H10O2.C3H2O2/c1-2-3-4-5-6-7(8)9;1-2-3(4)5/h2-4H2,1H3,(H,8,9);1H,(H,4,5). The van der Waals surface area contributed by atoms with Crippen molar-refractivity contribution in [3.8, 4) is 24.2 Å². The highest BCUT2D eigenvalue weighted by molar-refractivity contribution is 5.86. The van der Waals surface area contributed by atoms with E-state index in [0.717, 1.165) is 12.8 Å². The Balaban J connectivity index is 0. The van der Waals surface area contributed by atoms with E-state index in [1.165, 1.54) is 5.92 Å². The maximum atomic E-state index is 9.79. The summed E-state index contributed by atoms with van der Waals surface area (Å²) in [6.45, 7) is 2.04. The van der Waals surface area contributed by atoms with Crippen LogP contribution >= 0.6 is 0 Å². The Labute approximate surface area is 82.9 Å². The van der Waals surface area contributed by atoms with Gasteiger partial charge in [0.1, 0.15) is 0 Å². The van der Waals surface area contributed by atoms with Gasteiger partial charge >= 0.3 is 11.9 Å². The van der Waals surface area contributed by atoms with E-state index >= 15 is 0 Å². The SMILES string of the molecule is C#CC(=O)O.CCCCC#CC(=O)O. The van der Waals surface area contributed by atoms with E-state index < -0.39 is 11.9 Å². The summed E-state index contributed by atoms with van der Waals surface area (Å²) in [7, 11) is 0. The van der Waals surface area contributed by atoms with Gasteiger partial charge in [0.05, 0.1) is 0 Å². The molecule has 0 bridgehead atoms. The number of unbranched alkanes of at least 4 members (excludes halogenated alkanes) is 2. The average Bonchev–Trinajstić information content (AvgIpc) is 2.13. The smallest absolute Gasteiger partial charge is 0.381 e. The molecule has 0 aliphatic rings. The highest BCUT2D eigenvalue weighted by Crippen LogP contribution is 1.89. The third-order valence-electron chi connectivity index (χ3n) is 0.974. The Morgan fingerprint density at radius 3 is 2.07 bits per heavy atom. The van der Waals surface area contributed by atoms with E-state index in [-0.39, 0.29) is 0 Å². The highest BCUT2D eigenvalue weighted by atomic mass is 16.4. The van der Waals surface area contributed by atoms with Crippen molar-refractivity contribution in [3.63, 3.8) is 0 Å². The lowest BCUT2D eigenvalue weighted by Gasteiger charge is -1.81. The minimum Gasteiger partial charge on any atom is -0.472 e. The molecule has 0 spiro atoms. The maximum absolute atomic E-state index is 9.79. The fourth-order valence-electron chi connectivity index (χ4n) is 0.403. The van der Waals surface area contributed by atoms with Crippen molar-refractivity contribution < 1.29 is 19.8 Å². The summed E-state index contributed by atoms with van der Waals surface area (Å²) < 4.78 is 0. The molecule has 0 fully saturated rings. The van der Waals surface area contributed by atoms with Crippen molar-refractivity contribution in [2.24, 2.45) is 0 Å². The molecule has 0 aliphatic heterocycles. The second kappa shape index (κ2) is 11.1. The molecule has 0 aromatic carbocycles. The molecule has 0 atom stereocenters. The molecule has 0 radical (unpaired) electrons. The van der Waals surface area contributed by atoms with Gasteiger partial charge in [-0.1, -0.05) is 19.3 Å². The average molecular weight is 196 g/mol. The maximum Gasteiger partial charge on any atom is 0.381 e. The summed E-state index contributed by atoms with van der Waals surface area (Å²) in [5, 5.41) is 15.5. The summed E-state index contributed by atoms with van der Waals surface area (Å²) in [4.78, 5) is 18.9. The molecule has 76 valence electrons. The van der Waals surface area contributed by atoms with E-state index in [2.05, 4.69) is 12.3 Å². The van der Waals surface area contributed by atoms with Crippen LogP contribution < -0.4 is 0 Å². The van der Waals surface area contributed by atoms with Crippen molar-refractivity contribution in [1.82, 2.24) is 0 Å². The molecule has 0 aliphatic carbocycles. The lowest BCUT2D eigenvalue weighted by Crippen LogP contribution is -1.86. The third-order valence-corrected chi connectivity index (χ3v) is 0.974. The number of hydrogen-bond donors (Lipinski definition) is 2. The van der Waals surface area contributed by atoms with Crippen LogP contribution in [0, 0.1) is 24.2 Å². The van der Waals surface area contributed by atoms with Crippen LogP contribution in [0.25, 0.3) is 0 Å². The summed E-state index contributed by atoms with van der Waals surface area (Å²) in [5.74, 6) is 3.77. The van der Waals surface area contributed by atoms with E-state index in [4.69, 9.17) is 15.0 Å². The van der Waals surface area contributed by atoms with Crippen LogP contribution in [-0.2, 0) is 9.59 Å².